The van der Waals surface area contributed by atoms with Crippen LogP contribution in [0.25, 0.3) is 17.4 Å². The molecule has 10 heteroatoms. The lowest BCUT2D eigenvalue weighted by molar-refractivity contribution is -0.116. The van der Waals surface area contributed by atoms with Gasteiger partial charge in [-0.1, -0.05) is 78.4 Å². The molecule has 1 heterocycles. The molecule has 4 N–H and O–H groups in total. The van der Waals surface area contributed by atoms with Gasteiger partial charge in [0.1, 0.15) is 22.5 Å². The number of benzene rings is 5. The molecule has 0 saturated heterocycles. The van der Waals surface area contributed by atoms with Crippen LogP contribution < -0.4 is 21.3 Å². The predicted molar refractivity (Wildman–Crippen MR) is 210 cm³/mol. The maximum atomic E-state index is 13.7. The van der Waals surface area contributed by atoms with Crippen LogP contribution in [0.2, 0.25) is 0 Å². The van der Waals surface area contributed by atoms with Gasteiger partial charge in [-0.15, -0.1) is 11.8 Å². The highest BCUT2D eigenvalue weighted by Gasteiger charge is 2.23. The summed E-state index contributed by atoms with van der Waals surface area (Å²) in [5.41, 5.74) is 4.92. The molecule has 264 valence electrons. The molecule has 1 aromatic heterocycles. The van der Waals surface area contributed by atoms with Gasteiger partial charge in [0, 0.05) is 46.1 Å². The van der Waals surface area contributed by atoms with Crippen molar-refractivity contribution >= 4 is 58.5 Å². The van der Waals surface area contributed by atoms with E-state index in [1.165, 1.54) is 24.8 Å². The number of thioether (sulfide) groups is 1. The van der Waals surface area contributed by atoms with E-state index in [4.69, 9.17) is 4.42 Å². The number of rotatable bonds is 12. The first-order valence-electron chi connectivity index (χ1n) is 16.8. The van der Waals surface area contributed by atoms with Crippen molar-refractivity contribution in [3.63, 3.8) is 0 Å². The molecule has 0 bridgehead atoms. The zero-order valence-corrected chi connectivity index (χ0v) is 29.8. The number of amides is 4. The molecule has 53 heavy (non-hydrogen) atoms. The molecule has 1 atom stereocenters. The van der Waals surface area contributed by atoms with E-state index in [0.717, 1.165) is 21.6 Å². The Balaban J connectivity index is 1.18. The Bertz CT molecular complexity index is 2230. The van der Waals surface area contributed by atoms with Crippen LogP contribution in [0.15, 0.2) is 161 Å². The van der Waals surface area contributed by atoms with Crippen LogP contribution in [0.3, 0.4) is 0 Å². The topological polar surface area (TPSA) is 130 Å². The summed E-state index contributed by atoms with van der Waals surface area (Å²) in [5, 5.41) is 10.7. The lowest BCUT2D eigenvalue weighted by Gasteiger charge is -2.18. The molecule has 0 spiro atoms. The van der Waals surface area contributed by atoms with Crippen LogP contribution in [-0.2, 0) is 14.4 Å². The van der Waals surface area contributed by atoms with E-state index in [0.29, 0.717) is 34.1 Å². The van der Waals surface area contributed by atoms with Gasteiger partial charge in [0.2, 0.25) is 11.8 Å². The Morgan fingerprint density at radius 2 is 1.23 bits per heavy atom. The maximum absolute atomic E-state index is 13.7. The molecule has 0 saturated carbocycles. The van der Waals surface area contributed by atoms with Crippen molar-refractivity contribution in [3.8, 4) is 11.3 Å². The molecule has 0 aliphatic rings. The molecule has 1 unspecified atom stereocenters. The van der Waals surface area contributed by atoms with Gasteiger partial charge in [0.25, 0.3) is 11.8 Å². The lowest BCUT2D eigenvalue weighted by atomic mass is 10.1. The monoisotopic (exact) mass is 720 g/mol. The molecular weight excluding hydrogens is 685 g/mol. The normalized spacial score (nSPS) is 11.6. The summed E-state index contributed by atoms with van der Waals surface area (Å²) in [6.07, 6.45) is 1.49. The fourth-order valence-corrected chi connectivity index (χ4v) is 6.31. The summed E-state index contributed by atoms with van der Waals surface area (Å²) in [7, 11) is 0. The summed E-state index contributed by atoms with van der Waals surface area (Å²) in [5.74, 6) is -0.382. The van der Waals surface area contributed by atoms with E-state index in [2.05, 4.69) is 21.3 Å². The van der Waals surface area contributed by atoms with Crippen molar-refractivity contribution in [1.29, 1.82) is 0 Å². The zero-order chi connectivity index (χ0) is 37.2. The van der Waals surface area contributed by atoms with Crippen LogP contribution in [0.1, 0.15) is 39.4 Å². The van der Waals surface area contributed by atoms with E-state index in [-0.39, 0.29) is 17.5 Å². The van der Waals surface area contributed by atoms with E-state index < -0.39 is 17.1 Å². The van der Waals surface area contributed by atoms with Gasteiger partial charge in [-0.05, 0) is 85.3 Å². The summed E-state index contributed by atoms with van der Waals surface area (Å²) < 4.78 is 6.03. The number of hydrogen-bond acceptors (Lipinski definition) is 6. The van der Waals surface area contributed by atoms with Crippen LogP contribution in [0.5, 0.6) is 0 Å². The highest BCUT2D eigenvalue weighted by atomic mass is 32.2. The Kier molecular flexibility index (Phi) is 11.6. The molecule has 6 rings (SSSR count). The van der Waals surface area contributed by atoms with E-state index in [9.17, 15) is 19.2 Å². The Hall–Kier alpha value is -6.65. The predicted octanol–water partition coefficient (Wildman–Crippen LogP) is 9.10. The number of nitrogens with one attached hydrogen (secondary N) is 4. The third-order valence-corrected chi connectivity index (χ3v) is 9.22. The number of hydrogen-bond donors (Lipinski definition) is 4. The van der Waals surface area contributed by atoms with Gasteiger partial charge in [-0.3, -0.25) is 19.2 Å². The van der Waals surface area contributed by atoms with Crippen LogP contribution >= 0.6 is 11.8 Å². The molecule has 9 nitrogen and oxygen atoms in total. The molecule has 6 aromatic rings. The second kappa shape index (κ2) is 17.0. The highest BCUT2D eigenvalue weighted by Crippen LogP contribution is 2.37. The molecule has 0 radical (unpaired) electrons. The molecule has 5 aromatic carbocycles. The average Bonchev–Trinajstić information content (AvgIpc) is 3.64. The average molecular weight is 721 g/mol. The fourth-order valence-electron chi connectivity index (χ4n) is 5.29. The maximum Gasteiger partial charge on any atom is 0.272 e. The molecule has 0 aliphatic carbocycles. The molecule has 0 aliphatic heterocycles. The Morgan fingerprint density at radius 1 is 0.642 bits per heavy atom. The van der Waals surface area contributed by atoms with Crippen LogP contribution in [0, 0.1) is 6.92 Å². The van der Waals surface area contributed by atoms with Gasteiger partial charge in [-0.2, -0.15) is 0 Å². The fraction of sp³-hybridized carbons (Fsp3) is 0.0698. The first-order chi connectivity index (χ1) is 25.7. The quantitative estimate of drug-likeness (QED) is 0.0738. The summed E-state index contributed by atoms with van der Waals surface area (Å²) in [4.78, 5) is 52.6. The van der Waals surface area contributed by atoms with Gasteiger partial charge < -0.3 is 25.7 Å². The van der Waals surface area contributed by atoms with Crippen molar-refractivity contribution in [1.82, 2.24) is 5.32 Å². The first kappa shape index (κ1) is 36.2. The standard InChI is InChI=1S/C43H36N4O5S/c1-28-13-15-30(16-14-28)39-26-23-36(52-39)27-38(47-41(49)32-11-7-4-8-12-32)42(50)45-35-21-24-37(25-22-35)53-40(31-9-5-3-6-10-31)43(51)46-34-19-17-33(18-20-34)44-29(2)48/h3-27,40H,1-2H3,(H,44,48)(H,45,50)(H,46,51)(H,47,49). The number of carbonyl (C=O) groups excluding carboxylic acids is 4. The van der Waals surface area contributed by atoms with Crippen LogP contribution in [0.4, 0.5) is 17.1 Å². The second-order valence-electron chi connectivity index (χ2n) is 12.1. The molecule has 4 amide bonds. The van der Waals surface area contributed by atoms with Gasteiger partial charge in [0.15, 0.2) is 0 Å². The molecule has 0 fully saturated rings. The van der Waals surface area contributed by atoms with Gasteiger partial charge >= 0.3 is 0 Å². The van der Waals surface area contributed by atoms with Crippen molar-refractivity contribution < 1.29 is 23.6 Å². The highest BCUT2D eigenvalue weighted by molar-refractivity contribution is 8.00. The number of carbonyl (C=O) groups is 4. The van der Waals surface area contributed by atoms with Gasteiger partial charge in [0.05, 0.1) is 0 Å². The van der Waals surface area contributed by atoms with E-state index in [1.807, 2.05) is 79.7 Å². The first-order valence-corrected chi connectivity index (χ1v) is 17.6. The third-order valence-electron chi connectivity index (χ3n) is 7.96. The summed E-state index contributed by atoms with van der Waals surface area (Å²) in [6.45, 7) is 3.44. The zero-order valence-electron chi connectivity index (χ0n) is 29.0. The summed E-state index contributed by atoms with van der Waals surface area (Å²) >= 11 is 1.36. The van der Waals surface area contributed by atoms with Gasteiger partial charge in [-0.25, -0.2) is 0 Å². The van der Waals surface area contributed by atoms with Crippen LogP contribution in [-0.4, -0.2) is 23.6 Å². The lowest BCUT2D eigenvalue weighted by Crippen LogP contribution is -2.30. The second-order valence-corrected chi connectivity index (χ2v) is 13.3. The minimum Gasteiger partial charge on any atom is -0.457 e. The van der Waals surface area contributed by atoms with Crippen molar-refractivity contribution in [2.45, 2.75) is 24.0 Å². The Morgan fingerprint density at radius 3 is 1.87 bits per heavy atom. The minimum absolute atomic E-state index is 0.00645. The van der Waals surface area contributed by atoms with Crippen molar-refractivity contribution in [3.05, 3.63) is 174 Å². The molecular formula is C43H36N4O5S. The number of anilines is 3. The largest absolute Gasteiger partial charge is 0.457 e. The van der Waals surface area contributed by atoms with Crippen molar-refractivity contribution in [2.75, 3.05) is 16.0 Å². The van der Waals surface area contributed by atoms with Crippen molar-refractivity contribution in [2.24, 2.45) is 0 Å². The smallest absolute Gasteiger partial charge is 0.272 e. The summed E-state index contributed by atoms with van der Waals surface area (Å²) in [6, 6.07) is 43.5. The number of furan rings is 1. The Labute approximate surface area is 311 Å². The minimum atomic E-state index is -0.590. The number of aryl methyl sites for hydroxylation is 1. The van der Waals surface area contributed by atoms with E-state index >= 15 is 0 Å². The third kappa shape index (κ3) is 9.99. The van der Waals surface area contributed by atoms with E-state index in [1.54, 1.807) is 72.8 Å². The SMILES string of the molecule is CC(=O)Nc1ccc(NC(=O)C(Sc2ccc(NC(=O)C(=Cc3ccc(-c4ccc(C)cc4)o3)NC(=O)c3ccccc3)cc2)c2ccccc2)cc1.